The van der Waals surface area contributed by atoms with Crippen molar-refractivity contribution in [2.24, 2.45) is 22.3 Å². The fourth-order valence-corrected chi connectivity index (χ4v) is 2.32. The number of aryl methyl sites for hydroxylation is 1. The third-order valence-corrected chi connectivity index (χ3v) is 3.65. The summed E-state index contributed by atoms with van der Waals surface area (Å²) in [5.41, 5.74) is 25.6. The van der Waals surface area contributed by atoms with Crippen molar-refractivity contribution in [2.45, 2.75) is 38.1 Å². The van der Waals surface area contributed by atoms with Crippen LogP contribution in [-0.2, 0) is 11.2 Å². The van der Waals surface area contributed by atoms with E-state index in [2.05, 4.69) is 10.0 Å². The lowest BCUT2D eigenvalue weighted by molar-refractivity contribution is -0.119. The van der Waals surface area contributed by atoms with Crippen LogP contribution in [0.15, 0.2) is 23.3 Å². The Morgan fingerprint density at radius 2 is 2.00 bits per heavy atom. The Morgan fingerprint density at radius 1 is 1.24 bits per heavy atom. The summed E-state index contributed by atoms with van der Waals surface area (Å²) in [6.45, 7) is 0.623. The minimum Gasteiger partial charge on any atom is -0.492 e. The van der Waals surface area contributed by atoms with Crippen LogP contribution in [0.25, 0.3) is 10.4 Å². The second kappa shape index (κ2) is 10.9. The van der Waals surface area contributed by atoms with Gasteiger partial charge in [0.1, 0.15) is 5.75 Å². The zero-order valence-electron chi connectivity index (χ0n) is 14.1. The number of carbonyl (C=O) groups excluding carboxylic acids is 2. The summed E-state index contributed by atoms with van der Waals surface area (Å²) in [7, 11) is 0. The van der Waals surface area contributed by atoms with Gasteiger partial charge in [-0.05, 0) is 42.8 Å². The Kier molecular flexibility index (Phi) is 8.84. The van der Waals surface area contributed by atoms with E-state index in [0.29, 0.717) is 43.7 Å². The number of nitrogens with two attached hydrogens (primary N) is 3. The molecule has 9 nitrogen and oxygen atoms in total. The number of azide groups is 1. The molecule has 1 aromatic carbocycles. The number of para-hydroxylation sites is 1. The van der Waals surface area contributed by atoms with Crippen molar-refractivity contribution in [2.75, 3.05) is 13.2 Å². The molecule has 0 aliphatic heterocycles. The highest BCUT2D eigenvalue weighted by molar-refractivity contribution is 5.96. The van der Waals surface area contributed by atoms with Crippen LogP contribution < -0.4 is 21.9 Å². The number of rotatable bonds is 12. The van der Waals surface area contributed by atoms with E-state index in [-0.39, 0.29) is 0 Å². The van der Waals surface area contributed by atoms with Crippen LogP contribution in [-0.4, -0.2) is 31.0 Å². The van der Waals surface area contributed by atoms with Gasteiger partial charge in [0.05, 0.1) is 18.2 Å². The second-order valence-corrected chi connectivity index (χ2v) is 5.57. The lowest BCUT2D eigenvalue weighted by Crippen LogP contribution is -2.36. The topological polar surface area (TPSA) is 170 Å². The molecule has 136 valence electrons. The molecule has 0 radical (unpaired) electrons. The van der Waals surface area contributed by atoms with Gasteiger partial charge in [0.25, 0.3) is 5.91 Å². The number of carbonyl (C=O) groups is 2. The van der Waals surface area contributed by atoms with Crippen molar-refractivity contribution in [3.63, 3.8) is 0 Å². The summed E-state index contributed by atoms with van der Waals surface area (Å²) in [6.07, 6.45) is 3.18. The van der Waals surface area contributed by atoms with Crippen LogP contribution in [0.3, 0.4) is 0 Å². The number of hydrogen-bond acceptors (Lipinski definition) is 5. The van der Waals surface area contributed by atoms with Crippen molar-refractivity contribution in [3.05, 3.63) is 39.8 Å². The smallest absolute Gasteiger partial charge is 0.252 e. The Labute approximate surface area is 146 Å². The molecule has 1 rings (SSSR count). The fourth-order valence-electron chi connectivity index (χ4n) is 2.32. The van der Waals surface area contributed by atoms with E-state index in [9.17, 15) is 9.59 Å². The van der Waals surface area contributed by atoms with Crippen LogP contribution >= 0.6 is 0 Å². The summed E-state index contributed by atoms with van der Waals surface area (Å²) in [5, 5.41) is 3.43. The largest absolute Gasteiger partial charge is 0.492 e. The highest BCUT2D eigenvalue weighted by atomic mass is 16.5. The first-order chi connectivity index (χ1) is 12.0. The summed E-state index contributed by atoms with van der Waals surface area (Å²) in [5.74, 6) is -0.627. The Bertz CT molecular complexity index is 643. The standard InChI is InChI=1S/C16H24N6O3/c17-13(16(19)24)8-2-1-5-11-6-3-7-12(15(18)23)14(11)25-10-4-9-21-22-20/h3,6-7,13H,1-2,4-5,8-10,17H2,(H2,18,23)(H2,19,24)/t13-/m0/s1. The number of primary amides is 2. The number of amides is 2. The van der Waals surface area contributed by atoms with Crippen LogP contribution in [0.4, 0.5) is 0 Å². The molecule has 0 aromatic heterocycles. The molecule has 2 amide bonds. The molecule has 0 saturated carbocycles. The van der Waals surface area contributed by atoms with E-state index in [4.69, 9.17) is 27.5 Å². The van der Waals surface area contributed by atoms with Gasteiger partial charge in [-0.1, -0.05) is 23.7 Å². The number of unbranched alkanes of at least 4 members (excludes halogenated alkanes) is 1. The van der Waals surface area contributed by atoms with Gasteiger partial charge in [-0.3, -0.25) is 9.59 Å². The zero-order valence-corrected chi connectivity index (χ0v) is 14.1. The molecule has 0 unspecified atom stereocenters. The average molecular weight is 348 g/mol. The molecule has 0 heterocycles. The first-order valence-corrected chi connectivity index (χ1v) is 8.07. The van der Waals surface area contributed by atoms with E-state index in [1.165, 1.54) is 0 Å². The van der Waals surface area contributed by atoms with Gasteiger partial charge < -0.3 is 21.9 Å². The summed E-state index contributed by atoms with van der Waals surface area (Å²) in [4.78, 5) is 25.2. The van der Waals surface area contributed by atoms with Crippen LogP contribution in [0.5, 0.6) is 5.75 Å². The lowest BCUT2D eigenvalue weighted by atomic mass is 10.0. The van der Waals surface area contributed by atoms with Crippen molar-refractivity contribution in [1.82, 2.24) is 0 Å². The molecule has 0 aliphatic carbocycles. The van der Waals surface area contributed by atoms with Gasteiger partial charge >= 0.3 is 0 Å². The Balaban J connectivity index is 2.70. The van der Waals surface area contributed by atoms with Crippen molar-refractivity contribution < 1.29 is 14.3 Å². The Morgan fingerprint density at radius 3 is 2.64 bits per heavy atom. The lowest BCUT2D eigenvalue weighted by Gasteiger charge is -2.14. The third-order valence-electron chi connectivity index (χ3n) is 3.65. The minimum atomic E-state index is -0.645. The third kappa shape index (κ3) is 7.11. The molecule has 25 heavy (non-hydrogen) atoms. The Hall–Kier alpha value is -2.77. The van der Waals surface area contributed by atoms with E-state index in [1.807, 2.05) is 6.07 Å². The molecular formula is C16H24N6O3. The van der Waals surface area contributed by atoms with E-state index in [1.54, 1.807) is 12.1 Å². The highest BCUT2D eigenvalue weighted by Gasteiger charge is 2.14. The maximum atomic E-state index is 11.6. The SMILES string of the molecule is [N-]=[N+]=NCCCOc1c(CCCC[C@H](N)C(N)=O)cccc1C(N)=O. The molecular weight excluding hydrogens is 324 g/mol. The summed E-state index contributed by atoms with van der Waals surface area (Å²) < 4.78 is 5.71. The van der Waals surface area contributed by atoms with Gasteiger partial charge in [-0.25, -0.2) is 0 Å². The van der Waals surface area contributed by atoms with Crippen LogP contribution in [0.2, 0.25) is 0 Å². The van der Waals surface area contributed by atoms with E-state index in [0.717, 1.165) is 18.4 Å². The normalized spacial score (nSPS) is 11.4. The maximum absolute atomic E-state index is 11.6. The zero-order chi connectivity index (χ0) is 18.7. The van der Waals surface area contributed by atoms with Crippen molar-refractivity contribution in [1.29, 1.82) is 0 Å². The average Bonchev–Trinajstić information content (AvgIpc) is 2.58. The van der Waals surface area contributed by atoms with Crippen molar-refractivity contribution >= 4 is 11.8 Å². The second-order valence-electron chi connectivity index (χ2n) is 5.57. The van der Waals surface area contributed by atoms with Gasteiger partial charge in [0, 0.05) is 11.5 Å². The molecule has 0 fully saturated rings. The number of nitrogens with zero attached hydrogens (tertiary/aromatic N) is 3. The number of hydrogen-bond donors (Lipinski definition) is 3. The summed E-state index contributed by atoms with van der Waals surface area (Å²) in [6, 6.07) is 4.58. The monoisotopic (exact) mass is 348 g/mol. The first kappa shape index (κ1) is 20.3. The predicted octanol–water partition coefficient (Wildman–Crippen LogP) is 1.39. The minimum absolute atomic E-state index is 0.308. The van der Waals surface area contributed by atoms with Gasteiger partial charge in [0.2, 0.25) is 5.91 Å². The van der Waals surface area contributed by atoms with Gasteiger partial charge in [-0.2, -0.15) is 0 Å². The predicted molar refractivity (Wildman–Crippen MR) is 93.8 cm³/mol. The van der Waals surface area contributed by atoms with Crippen LogP contribution in [0.1, 0.15) is 41.6 Å². The molecule has 0 spiro atoms. The quantitative estimate of drug-likeness (QED) is 0.224. The molecule has 9 heteroatoms. The molecule has 0 bridgehead atoms. The van der Waals surface area contributed by atoms with Gasteiger partial charge in [-0.15, -0.1) is 0 Å². The number of benzene rings is 1. The molecule has 6 N–H and O–H groups in total. The van der Waals surface area contributed by atoms with Gasteiger partial charge in [0.15, 0.2) is 0 Å². The number of ether oxygens (including phenoxy) is 1. The fraction of sp³-hybridized carbons (Fsp3) is 0.500. The maximum Gasteiger partial charge on any atom is 0.252 e. The van der Waals surface area contributed by atoms with E-state index >= 15 is 0 Å². The molecule has 1 atom stereocenters. The molecule has 1 aromatic rings. The first-order valence-electron chi connectivity index (χ1n) is 8.07. The van der Waals surface area contributed by atoms with Crippen LogP contribution in [0, 0.1) is 0 Å². The summed E-state index contributed by atoms with van der Waals surface area (Å²) >= 11 is 0. The van der Waals surface area contributed by atoms with E-state index < -0.39 is 17.9 Å². The van der Waals surface area contributed by atoms with Crippen molar-refractivity contribution in [3.8, 4) is 5.75 Å². The highest BCUT2D eigenvalue weighted by Crippen LogP contribution is 2.26. The molecule has 0 saturated heterocycles. The molecule has 0 aliphatic rings.